The number of likely N-dealkylation sites (tertiary alicyclic amines) is 2. The SMILES string of the molecule is COc1ccc(OC)c(C2CCCN2C(=O)NCC2CCCN(C(C)C)C2)c1. The highest BCUT2D eigenvalue weighted by molar-refractivity contribution is 5.75. The standard InChI is InChI=1S/C22H35N3O3/c1-16(2)24-11-5-7-17(15-24)14-23-22(26)25-12-6-8-20(25)19-13-18(27-3)9-10-21(19)28-4/h9-10,13,16-17,20H,5-8,11-12,14-15H2,1-4H3,(H,23,26). The minimum Gasteiger partial charge on any atom is -0.497 e. The molecule has 0 spiro atoms. The van der Waals surface area contributed by atoms with Crippen molar-refractivity contribution in [1.29, 1.82) is 0 Å². The van der Waals surface area contributed by atoms with E-state index in [9.17, 15) is 4.79 Å². The van der Waals surface area contributed by atoms with Crippen molar-refractivity contribution in [1.82, 2.24) is 15.1 Å². The monoisotopic (exact) mass is 389 g/mol. The summed E-state index contributed by atoms with van der Waals surface area (Å²) in [6.07, 6.45) is 4.35. The molecule has 0 saturated carbocycles. The summed E-state index contributed by atoms with van der Waals surface area (Å²) in [6.45, 7) is 8.27. The molecule has 2 fully saturated rings. The first kappa shape index (κ1) is 20.8. The van der Waals surface area contributed by atoms with Gasteiger partial charge in [-0.25, -0.2) is 4.79 Å². The Bertz CT molecular complexity index is 664. The van der Waals surface area contributed by atoms with Gasteiger partial charge in [-0.1, -0.05) is 0 Å². The lowest BCUT2D eigenvalue weighted by atomic mass is 9.97. The Morgan fingerprint density at radius 2 is 1.96 bits per heavy atom. The number of ether oxygens (including phenoxy) is 2. The number of hydrogen-bond acceptors (Lipinski definition) is 4. The molecule has 1 aromatic rings. The van der Waals surface area contributed by atoms with Crippen LogP contribution in [0.1, 0.15) is 51.1 Å². The maximum absolute atomic E-state index is 13.0. The molecule has 1 N–H and O–H groups in total. The first-order valence-electron chi connectivity index (χ1n) is 10.5. The molecule has 6 heteroatoms. The second kappa shape index (κ2) is 9.50. The molecule has 156 valence electrons. The van der Waals surface area contributed by atoms with E-state index < -0.39 is 0 Å². The Morgan fingerprint density at radius 3 is 2.68 bits per heavy atom. The number of rotatable bonds is 6. The molecule has 2 saturated heterocycles. The largest absolute Gasteiger partial charge is 0.497 e. The van der Waals surface area contributed by atoms with E-state index in [1.54, 1.807) is 14.2 Å². The molecular formula is C22H35N3O3. The summed E-state index contributed by atoms with van der Waals surface area (Å²) in [6, 6.07) is 6.45. The van der Waals surface area contributed by atoms with E-state index in [2.05, 4.69) is 24.1 Å². The number of hydrogen-bond donors (Lipinski definition) is 1. The maximum Gasteiger partial charge on any atom is 0.317 e. The van der Waals surface area contributed by atoms with Crippen LogP contribution in [0.2, 0.25) is 0 Å². The second-order valence-corrected chi connectivity index (χ2v) is 8.24. The molecule has 2 heterocycles. The van der Waals surface area contributed by atoms with Gasteiger partial charge in [-0.2, -0.15) is 0 Å². The molecule has 2 amide bonds. The molecule has 2 aliphatic rings. The lowest BCUT2D eigenvalue weighted by Gasteiger charge is -2.36. The molecule has 6 nitrogen and oxygen atoms in total. The van der Waals surface area contributed by atoms with Gasteiger partial charge in [0.15, 0.2) is 0 Å². The summed E-state index contributed by atoms with van der Waals surface area (Å²) in [4.78, 5) is 17.4. The Labute approximate surface area is 169 Å². The van der Waals surface area contributed by atoms with Crippen LogP contribution in [0.3, 0.4) is 0 Å². The first-order valence-corrected chi connectivity index (χ1v) is 10.5. The Morgan fingerprint density at radius 1 is 1.18 bits per heavy atom. The summed E-state index contributed by atoms with van der Waals surface area (Å²) in [5, 5.41) is 3.21. The van der Waals surface area contributed by atoms with Gasteiger partial charge >= 0.3 is 6.03 Å². The summed E-state index contributed by atoms with van der Waals surface area (Å²) in [5.41, 5.74) is 1.03. The van der Waals surface area contributed by atoms with Crippen molar-refractivity contribution in [3.05, 3.63) is 23.8 Å². The molecule has 2 aliphatic heterocycles. The Hall–Kier alpha value is -1.95. The zero-order valence-electron chi connectivity index (χ0n) is 17.7. The van der Waals surface area contributed by atoms with E-state index in [0.29, 0.717) is 12.0 Å². The molecule has 0 radical (unpaired) electrons. The average molecular weight is 390 g/mol. The van der Waals surface area contributed by atoms with Gasteiger partial charge in [0.2, 0.25) is 0 Å². The van der Waals surface area contributed by atoms with E-state index >= 15 is 0 Å². The lowest BCUT2D eigenvalue weighted by molar-refractivity contribution is 0.136. The molecule has 0 bridgehead atoms. The second-order valence-electron chi connectivity index (χ2n) is 8.24. The van der Waals surface area contributed by atoms with Gasteiger partial charge in [-0.05, 0) is 70.2 Å². The number of carbonyl (C=O) groups excluding carboxylic acids is 1. The van der Waals surface area contributed by atoms with Crippen LogP contribution in [0, 0.1) is 5.92 Å². The quantitative estimate of drug-likeness (QED) is 0.807. The van der Waals surface area contributed by atoms with Gasteiger partial charge in [0, 0.05) is 31.2 Å². The molecule has 0 aliphatic carbocycles. The Balaban J connectivity index is 1.64. The highest BCUT2D eigenvalue weighted by Crippen LogP contribution is 2.38. The minimum atomic E-state index is 0.0311. The molecule has 1 aromatic carbocycles. The smallest absolute Gasteiger partial charge is 0.317 e. The van der Waals surface area contributed by atoms with Crippen molar-refractivity contribution in [2.45, 2.75) is 51.6 Å². The minimum absolute atomic E-state index is 0.0311. The van der Waals surface area contributed by atoms with Gasteiger partial charge in [-0.3, -0.25) is 0 Å². The Kier molecular flexibility index (Phi) is 7.05. The zero-order chi connectivity index (χ0) is 20.1. The van der Waals surface area contributed by atoms with Gasteiger partial charge in [-0.15, -0.1) is 0 Å². The first-order chi connectivity index (χ1) is 13.5. The summed E-state index contributed by atoms with van der Waals surface area (Å²) in [7, 11) is 3.34. The number of carbonyl (C=O) groups is 1. The van der Waals surface area contributed by atoms with Gasteiger partial charge < -0.3 is 24.6 Å². The average Bonchev–Trinajstić information content (AvgIpc) is 3.21. The van der Waals surface area contributed by atoms with Gasteiger partial charge in [0.05, 0.1) is 20.3 Å². The van der Waals surface area contributed by atoms with Crippen LogP contribution < -0.4 is 14.8 Å². The number of amides is 2. The van der Waals surface area contributed by atoms with Crippen LogP contribution in [0.15, 0.2) is 18.2 Å². The number of urea groups is 1. The number of methoxy groups -OCH3 is 2. The molecule has 28 heavy (non-hydrogen) atoms. The van der Waals surface area contributed by atoms with Crippen LogP contribution in [0.25, 0.3) is 0 Å². The number of benzene rings is 1. The highest BCUT2D eigenvalue weighted by Gasteiger charge is 2.32. The van der Waals surface area contributed by atoms with Crippen LogP contribution in [0.5, 0.6) is 11.5 Å². The fraction of sp³-hybridized carbons (Fsp3) is 0.682. The van der Waals surface area contributed by atoms with Crippen LogP contribution in [0.4, 0.5) is 4.79 Å². The normalized spacial score (nSPS) is 23.1. The molecule has 2 unspecified atom stereocenters. The molecule has 3 rings (SSSR count). The third-order valence-electron chi connectivity index (χ3n) is 6.13. The highest BCUT2D eigenvalue weighted by atomic mass is 16.5. The van der Waals surface area contributed by atoms with E-state index in [-0.39, 0.29) is 12.1 Å². The topological polar surface area (TPSA) is 54.0 Å². The van der Waals surface area contributed by atoms with Crippen molar-refractivity contribution >= 4 is 6.03 Å². The van der Waals surface area contributed by atoms with E-state index in [1.807, 2.05) is 23.1 Å². The predicted molar refractivity (Wildman–Crippen MR) is 111 cm³/mol. The van der Waals surface area contributed by atoms with Crippen molar-refractivity contribution in [2.75, 3.05) is 40.4 Å². The number of piperidine rings is 1. The third-order valence-corrected chi connectivity index (χ3v) is 6.13. The molecule has 2 atom stereocenters. The summed E-state index contributed by atoms with van der Waals surface area (Å²) >= 11 is 0. The van der Waals surface area contributed by atoms with Crippen molar-refractivity contribution in [3.63, 3.8) is 0 Å². The fourth-order valence-corrected chi connectivity index (χ4v) is 4.50. The number of nitrogens with one attached hydrogen (secondary N) is 1. The van der Waals surface area contributed by atoms with E-state index in [4.69, 9.17) is 9.47 Å². The van der Waals surface area contributed by atoms with Crippen LogP contribution in [-0.2, 0) is 0 Å². The van der Waals surface area contributed by atoms with Crippen LogP contribution in [-0.4, -0.2) is 62.3 Å². The van der Waals surface area contributed by atoms with Crippen molar-refractivity contribution < 1.29 is 14.3 Å². The van der Waals surface area contributed by atoms with Crippen LogP contribution >= 0.6 is 0 Å². The maximum atomic E-state index is 13.0. The fourth-order valence-electron chi connectivity index (χ4n) is 4.50. The predicted octanol–water partition coefficient (Wildman–Crippen LogP) is 3.67. The van der Waals surface area contributed by atoms with Gasteiger partial charge in [0.25, 0.3) is 0 Å². The van der Waals surface area contributed by atoms with Crippen molar-refractivity contribution in [2.24, 2.45) is 5.92 Å². The van der Waals surface area contributed by atoms with Crippen molar-refractivity contribution in [3.8, 4) is 11.5 Å². The molecular weight excluding hydrogens is 354 g/mol. The lowest BCUT2D eigenvalue weighted by Crippen LogP contribution is -2.46. The van der Waals surface area contributed by atoms with E-state index in [1.165, 1.54) is 19.4 Å². The van der Waals surface area contributed by atoms with E-state index in [0.717, 1.165) is 49.5 Å². The number of nitrogens with zero attached hydrogens (tertiary/aromatic N) is 2. The third kappa shape index (κ3) is 4.72. The zero-order valence-corrected chi connectivity index (χ0v) is 17.7. The summed E-state index contributed by atoms with van der Waals surface area (Å²) < 4.78 is 10.9. The summed E-state index contributed by atoms with van der Waals surface area (Å²) in [5.74, 6) is 2.14. The molecule has 0 aromatic heterocycles. The van der Waals surface area contributed by atoms with Gasteiger partial charge in [0.1, 0.15) is 11.5 Å².